The fourth-order valence-corrected chi connectivity index (χ4v) is 2.03. The SMILES string of the molecule is N#Cc1ccccc1NC(=O)C=Cc1cccs1. The van der Waals surface area contributed by atoms with Crippen molar-refractivity contribution in [3.8, 4) is 6.07 Å². The highest BCUT2D eigenvalue weighted by Gasteiger charge is 2.02. The zero-order chi connectivity index (χ0) is 12.8. The van der Waals surface area contributed by atoms with Gasteiger partial charge in [0.25, 0.3) is 0 Å². The first-order valence-electron chi connectivity index (χ1n) is 5.31. The van der Waals surface area contributed by atoms with E-state index in [2.05, 4.69) is 5.32 Å². The molecule has 1 amide bonds. The van der Waals surface area contributed by atoms with E-state index in [1.54, 1.807) is 41.7 Å². The van der Waals surface area contributed by atoms with Gasteiger partial charge in [0.05, 0.1) is 11.3 Å². The van der Waals surface area contributed by atoms with Crippen LogP contribution in [-0.4, -0.2) is 5.91 Å². The van der Waals surface area contributed by atoms with Crippen LogP contribution in [0.4, 0.5) is 5.69 Å². The molecule has 2 aromatic rings. The predicted octanol–water partition coefficient (Wildman–Crippen LogP) is 3.27. The first-order valence-corrected chi connectivity index (χ1v) is 6.19. The maximum absolute atomic E-state index is 11.7. The second kappa shape index (κ2) is 5.80. The van der Waals surface area contributed by atoms with Crippen LogP contribution in [0.15, 0.2) is 47.9 Å². The van der Waals surface area contributed by atoms with Gasteiger partial charge in [0.15, 0.2) is 0 Å². The van der Waals surface area contributed by atoms with E-state index < -0.39 is 0 Å². The molecule has 0 aliphatic heterocycles. The number of nitrogens with one attached hydrogen (secondary N) is 1. The number of amides is 1. The first kappa shape index (κ1) is 12.1. The van der Waals surface area contributed by atoms with E-state index in [9.17, 15) is 4.79 Å². The summed E-state index contributed by atoms with van der Waals surface area (Å²) in [5.41, 5.74) is 0.983. The maximum Gasteiger partial charge on any atom is 0.248 e. The zero-order valence-electron chi connectivity index (χ0n) is 9.46. The van der Waals surface area contributed by atoms with E-state index in [1.165, 1.54) is 6.08 Å². The minimum absolute atomic E-state index is 0.244. The number of carbonyl (C=O) groups is 1. The molecule has 4 heteroatoms. The summed E-state index contributed by atoms with van der Waals surface area (Å²) in [5, 5.41) is 13.5. The minimum atomic E-state index is -0.244. The second-order valence-corrected chi connectivity index (χ2v) is 4.47. The molecule has 1 aromatic carbocycles. The molecule has 1 N–H and O–H groups in total. The number of carbonyl (C=O) groups excluding carboxylic acids is 1. The van der Waals surface area contributed by atoms with Gasteiger partial charge in [0, 0.05) is 11.0 Å². The van der Waals surface area contributed by atoms with Crippen LogP contribution in [0.2, 0.25) is 0 Å². The van der Waals surface area contributed by atoms with Crippen LogP contribution in [0.1, 0.15) is 10.4 Å². The van der Waals surface area contributed by atoms with Crippen LogP contribution in [-0.2, 0) is 4.79 Å². The molecule has 3 nitrogen and oxygen atoms in total. The smallest absolute Gasteiger partial charge is 0.248 e. The molecule has 0 bridgehead atoms. The monoisotopic (exact) mass is 254 g/mol. The molecule has 0 saturated carbocycles. The van der Waals surface area contributed by atoms with Crippen LogP contribution in [0.3, 0.4) is 0 Å². The number of rotatable bonds is 3. The van der Waals surface area contributed by atoms with E-state index >= 15 is 0 Å². The number of hydrogen-bond acceptors (Lipinski definition) is 3. The van der Waals surface area contributed by atoms with Crippen molar-refractivity contribution in [2.45, 2.75) is 0 Å². The molecule has 0 aliphatic carbocycles. The van der Waals surface area contributed by atoms with Crippen molar-refractivity contribution in [3.05, 3.63) is 58.3 Å². The topological polar surface area (TPSA) is 52.9 Å². The summed E-state index contributed by atoms with van der Waals surface area (Å²) in [4.78, 5) is 12.7. The van der Waals surface area contributed by atoms with Crippen LogP contribution < -0.4 is 5.32 Å². The van der Waals surface area contributed by atoms with Gasteiger partial charge in [-0.15, -0.1) is 11.3 Å². The largest absolute Gasteiger partial charge is 0.321 e. The van der Waals surface area contributed by atoms with Gasteiger partial charge in [0.1, 0.15) is 6.07 Å². The normalized spacial score (nSPS) is 10.2. The first-order chi connectivity index (χ1) is 8.79. The number of anilines is 1. The predicted molar refractivity (Wildman–Crippen MR) is 73.1 cm³/mol. The van der Waals surface area contributed by atoms with Crippen molar-refractivity contribution in [2.75, 3.05) is 5.32 Å². The van der Waals surface area contributed by atoms with E-state index in [-0.39, 0.29) is 5.91 Å². The lowest BCUT2D eigenvalue weighted by molar-refractivity contribution is -0.111. The van der Waals surface area contributed by atoms with Crippen molar-refractivity contribution in [2.24, 2.45) is 0 Å². The third kappa shape index (κ3) is 3.06. The number of benzene rings is 1. The van der Waals surface area contributed by atoms with Crippen molar-refractivity contribution >= 4 is 29.0 Å². The Hall–Kier alpha value is -2.38. The fraction of sp³-hybridized carbons (Fsp3) is 0. The van der Waals surface area contributed by atoms with Gasteiger partial charge in [-0.05, 0) is 29.7 Å². The van der Waals surface area contributed by atoms with Crippen molar-refractivity contribution in [1.29, 1.82) is 5.26 Å². The van der Waals surface area contributed by atoms with Gasteiger partial charge in [-0.3, -0.25) is 4.79 Å². The molecule has 1 heterocycles. The third-order valence-electron chi connectivity index (χ3n) is 2.25. The molecule has 1 aromatic heterocycles. The average Bonchev–Trinajstić information content (AvgIpc) is 2.90. The number of thiophene rings is 1. The molecule has 2 rings (SSSR count). The Kier molecular flexibility index (Phi) is 3.90. The number of nitrogens with zero attached hydrogens (tertiary/aromatic N) is 1. The molecule has 88 valence electrons. The van der Waals surface area contributed by atoms with Gasteiger partial charge in [-0.1, -0.05) is 18.2 Å². The van der Waals surface area contributed by atoms with E-state index in [0.29, 0.717) is 11.3 Å². The minimum Gasteiger partial charge on any atom is -0.321 e. The fourth-order valence-electron chi connectivity index (χ4n) is 1.41. The molecule has 0 atom stereocenters. The Bertz CT molecular complexity index is 609. The summed E-state index contributed by atoms with van der Waals surface area (Å²) in [5.74, 6) is -0.244. The van der Waals surface area contributed by atoms with E-state index in [4.69, 9.17) is 5.26 Å². The highest BCUT2D eigenvalue weighted by atomic mass is 32.1. The highest BCUT2D eigenvalue weighted by Crippen LogP contribution is 2.14. The molecule has 0 saturated heterocycles. The molecule has 0 spiro atoms. The van der Waals surface area contributed by atoms with Gasteiger partial charge in [-0.2, -0.15) is 5.26 Å². The molecule has 0 aliphatic rings. The van der Waals surface area contributed by atoms with Crippen molar-refractivity contribution in [1.82, 2.24) is 0 Å². The average molecular weight is 254 g/mol. The van der Waals surface area contributed by atoms with Crippen LogP contribution in [0, 0.1) is 11.3 Å². The van der Waals surface area contributed by atoms with Crippen LogP contribution in [0.5, 0.6) is 0 Å². The molecule has 0 radical (unpaired) electrons. The summed E-state index contributed by atoms with van der Waals surface area (Å²) >= 11 is 1.56. The Labute approximate surface area is 109 Å². The second-order valence-electron chi connectivity index (χ2n) is 3.50. The Morgan fingerprint density at radius 1 is 1.28 bits per heavy atom. The van der Waals surface area contributed by atoms with Gasteiger partial charge in [0.2, 0.25) is 5.91 Å². The summed E-state index contributed by atoms with van der Waals surface area (Å²) in [7, 11) is 0. The van der Waals surface area contributed by atoms with Crippen molar-refractivity contribution < 1.29 is 4.79 Å². The Balaban J connectivity index is 2.06. The lowest BCUT2D eigenvalue weighted by Crippen LogP contribution is -2.08. The lowest BCUT2D eigenvalue weighted by atomic mass is 10.2. The van der Waals surface area contributed by atoms with Gasteiger partial charge < -0.3 is 5.32 Å². The molecular formula is C14H10N2OS. The number of hydrogen-bond donors (Lipinski definition) is 1. The van der Waals surface area contributed by atoms with Gasteiger partial charge >= 0.3 is 0 Å². The summed E-state index contributed by atoms with van der Waals surface area (Å²) < 4.78 is 0. The molecule has 0 unspecified atom stereocenters. The quantitative estimate of drug-likeness (QED) is 0.855. The Morgan fingerprint density at radius 2 is 2.11 bits per heavy atom. The molecular weight excluding hydrogens is 244 g/mol. The number of para-hydroxylation sites is 1. The van der Waals surface area contributed by atoms with E-state index in [0.717, 1.165) is 4.88 Å². The van der Waals surface area contributed by atoms with Crippen molar-refractivity contribution in [3.63, 3.8) is 0 Å². The van der Waals surface area contributed by atoms with Crippen LogP contribution >= 0.6 is 11.3 Å². The molecule has 0 fully saturated rings. The third-order valence-corrected chi connectivity index (χ3v) is 3.09. The maximum atomic E-state index is 11.7. The Morgan fingerprint density at radius 3 is 2.83 bits per heavy atom. The highest BCUT2D eigenvalue weighted by molar-refractivity contribution is 7.10. The summed E-state index contributed by atoms with van der Waals surface area (Å²) in [6, 6.07) is 12.8. The summed E-state index contributed by atoms with van der Waals surface area (Å²) in [6.45, 7) is 0. The lowest BCUT2D eigenvalue weighted by Gasteiger charge is -2.03. The standard InChI is InChI=1S/C14H10N2OS/c15-10-11-4-1-2-6-13(11)16-14(17)8-7-12-5-3-9-18-12/h1-9H,(H,16,17). The van der Waals surface area contributed by atoms with E-state index in [1.807, 2.05) is 23.6 Å². The summed E-state index contributed by atoms with van der Waals surface area (Å²) in [6.07, 6.45) is 3.20. The van der Waals surface area contributed by atoms with Crippen LogP contribution in [0.25, 0.3) is 6.08 Å². The zero-order valence-corrected chi connectivity index (χ0v) is 10.3. The number of nitriles is 1. The molecule has 18 heavy (non-hydrogen) atoms. The van der Waals surface area contributed by atoms with Gasteiger partial charge in [-0.25, -0.2) is 0 Å².